The predicted octanol–water partition coefficient (Wildman–Crippen LogP) is 4.38. The van der Waals surface area contributed by atoms with Gasteiger partial charge in [0.1, 0.15) is 0 Å². The highest BCUT2D eigenvalue weighted by molar-refractivity contribution is 5.88. The summed E-state index contributed by atoms with van der Waals surface area (Å²) in [7, 11) is 3.82. The van der Waals surface area contributed by atoms with Gasteiger partial charge in [0.2, 0.25) is 0 Å². The zero-order valence-corrected chi connectivity index (χ0v) is 15.8. The van der Waals surface area contributed by atoms with E-state index >= 15 is 0 Å². The molecule has 0 aliphatic carbocycles. The third-order valence-electron chi connectivity index (χ3n) is 3.80. The van der Waals surface area contributed by atoms with Gasteiger partial charge in [-0.3, -0.25) is 0 Å². The molecule has 0 spiro atoms. The van der Waals surface area contributed by atoms with Crippen molar-refractivity contribution < 1.29 is 19.4 Å². The van der Waals surface area contributed by atoms with Gasteiger partial charge in [0.25, 0.3) is 0 Å². The molecule has 1 N–H and O–H groups in total. The number of carbonyl (C=O) groups excluding carboxylic acids is 1. The van der Waals surface area contributed by atoms with Crippen LogP contribution in [-0.2, 0) is 9.53 Å². The standard InChI is InChI=1S/C11H20O2.C9H11NO2/c1-4-7-8-10(5-2)9-13-11(12)6-3;1-10(2)8-5-3-7(4-6-8)9(11)12/h6,10H,3-5,7-9H2,1-2H3;3-6H,1-2H3,(H,11,12). The average molecular weight is 349 g/mol. The number of nitrogens with zero attached hydrogens (tertiary/aromatic N) is 1. The van der Waals surface area contributed by atoms with E-state index in [2.05, 4.69) is 20.4 Å². The number of carboxylic acids is 1. The highest BCUT2D eigenvalue weighted by Crippen LogP contribution is 2.13. The van der Waals surface area contributed by atoms with Crippen LogP contribution in [-0.4, -0.2) is 37.7 Å². The van der Waals surface area contributed by atoms with Crippen molar-refractivity contribution in [1.82, 2.24) is 0 Å². The number of ether oxygens (including phenoxy) is 1. The van der Waals surface area contributed by atoms with Crippen molar-refractivity contribution in [1.29, 1.82) is 0 Å². The molecule has 0 bridgehead atoms. The topological polar surface area (TPSA) is 66.8 Å². The van der Waals surface area contributed by atoms with Crippen molar-refractivity contribution >= 4 is 17.6 Å². The van der Waals surface area contributed by atoms with Crippen LogP contribution in [0, 0.1) is 5.92 Å². The van der Waals surface area contributed by atoms with E-state index < -0.39 is 5.97 Å². The minimum atomic E-state index is -0.889. The number of carboxylic acid groups (broad SMARTS) is 1. The summed E-state index contributed by atoms with van der Waals surface area (Å²) in [5.41, 5.74) is 1.32. The number of carbonyl (C=O) groups is 2. The third kappa shape index (κ3) is 10.2. The molecule has 1 rings (SSSR count). The van der Waals surface area contributed by atoms with Crippen LogP contribution in [0.5, 0.6) is 0 Å². The van der Waals surface area contributed by atoms with Gasteiger partial charge in [-0.2, -0.15) is 0 Å². The summed E-state index contributed by atoms with van der Waals surface area (Å²) < 4.78 is 4.98. The Bertz CT molecular complexity index is 523. The molecule has 0 amide bonds. The summed E-state index contributed by atoms with van der Waals surface area (Å²) in [6.45, 7) is 8.19. The molecule has 0 saturated carbocycles. The number of benzene rings is 1. The lowest BCUT2D eigenvalue weighted by Gasteiger charge is -2.13. The van der Waals surface area contributed by atoms with Gasteiger partial charge in [-0.25, -0.2) is 9.59 Å². The Morgan fingerprint density at radius 1 is 1.24 bits per heavy atom. The molecule has 140 valence electrons. The van der Waals surface area contributed by atoms with Crippen LogP contribution in [0.2, 0.25) is 0 Å². The smallest absolute Gasteiger partial charge is 0.335 e. The van der Waals surface area contributed by atoms with Crippen LogP contribution in [0.1, 0.15) is 49.9 Å². The number of aromatic carboxylic acids is 1. The first-order valence-corrected chi connectivity index (χ1v) is 8.65. The van der Waals surface area contributed by atoms with Crippen LogP contribution in [0.4, 0.5) is 5.69 Å². The number of hydrogen-bond acceptors (Lipinski definition) is 4. The van der Waals surface area contributed by atoms with E-state index in [9.17, 15) is 9.59 Å². The predicted molar refractivity (Wildman–Crippen MR) is 102 cm³/mol. The zero-order valence-electron chi connectivity index (χ0n) is 15.8. The lowest BCUT2D eigenvalue weighted by atomic mass is 10.0. The number of rotatable bonds is 9. The van der Waals surface area contributed by atoms with Gasteiger partial charge in [0, 0.05) is 25.9 Å². The van der Waals surface area contributed by atoms with E-state index in [1.807, 2.05) is 19.0 Å². The van der Waals surface area contributed by atoms with Crippen LogP contribution >= 0.6 is 0 Å². The molecule has 1 aromatic rings. The maximum Gasteiger partial charge on any atom is 0.335 e. The quantitative estimate of drug-likeness (QED) is 0.529. The average Bonchev–Trinajstić information content (AvgIpc) is 2.62. The van der Waals surface area contributed by atoms with Crippen molar-refractivity contribution in [3.63, 3.8) is 0 Å². The van der Waals surface area contributed by atoms with E-state index in [4.69, 9.17) is 9.84 Å². The van der Waals surface area contributed by atoms with Gasteiger partial charge < -0.3 is 14.7 Å². The molecule has 0 fully saturated rings. The van der Waals surface area contributed by atoms with Gasteiger partial charge in [0.15, 0.2) is 0 Å². The minimum Gasteiger partial charge on any atom is -0.478 e. The second-order valence-corrected chi connectivity index (χ2v) is 6.00. The van der Waals surface area contributed by atoms with Crippen molar-refractivity contribution in [3.8, 4) is 0 Å². The molecule has 0 heterocycles. The fourth-order valence-electron chi connectivity index (χ4n) is 2.06. The zero-order chi connectivity index (χ0) is 19.2. The molecule has 5 heteroatoms. The van der Waals surface area contributed by atoms with Crippen molar-refractivity contribution in [2.75, 3.05) is 25.6 Å². The van der Waals surface area contributed by atoms with Gasteiger partial charge in [-0.1, -0.05) is 39.7 Å². The molecule has 1 unspecified atom stereocenters. The molecular weight excluding hydrogens is 318 g/mol. The summed E-state index contributed by atoms with van der Waals surface area (Å²) in [6, 6.07) is 6.75. The van der Waals surface area contributed by atoms with Gasteiger partial charge in [0.05, 0.1) is 12.2 Å². The first kappa shape index (κ1) is 22.7. The van der Waals surface area contributed by atoms with Crippen molar-refractivity contribution in [3.05, 3.63) is 42.5 Å². The second kappa shape index (κ2) is 13.0. The maximum absolute atomic E-state index is 10.8. The summed E-state index contributed by atoms with van der Waals surface area (Å²) >= 11 is 0. The molecule has 0 saturated heterocycles. The molecule has 0 aliphatic rings. The molecule has 1 atom stereocenters. The van der Waals surface area contributed by atoms with Crippen molar-refractivity contribution in [2.45, 2.75) is 39.5 Å². The molecule has 0 aromatic heterocycles. The van der Waals surface area contributed by atoms with Crippen LogP contribution in [0.15, 0.2) is 36.9 Å². The van der Waals surface area contributed by atoms with E-state index in [0.717, 1.165) is 18.5 Å². The van der Waals surface area contributed by atoms with Gasteiger partial charge in [-0.05, 0) is 36.6 Å². The lowest BCUT2D eigenvalue weighted by molar-refractivity contribution is -0.139. The molecule has 25 heavy (non-hydrogen) atoms. The highest BCUT2D eigenvalue weighted by atomic mass is 16.5. The van der Waals surface area contributed by atoms with Crippen LogP contribution in [0.3, 0.4) is 0 Å². The summed E-state index contributed by atoms with van der Waals surface area (Å²) in [6.07, 6.45) is 5.85. The first-order chi connectivity index (χ1) is 11.8. The lowest BCUT2D eigenvalue weighted by Crippen LogP contribution is -2.12. The Balaban J connectivity index is 0.000000462. The summed E-state index contributed by atoms with van der Waals surface area (Å²) in [5, 5.41) is 8.60. The highest BCUT2D eigenvalue weighted by Gasteiger charge is 2.07. The Morgan fingerprint density at radius 2 is 1.84 bits per heavy atom. The van der Waals surface area contributed by atoms with Crippen molar-refractivity contribution in [2.24, 2.45) is 5.92 Å². The normalized spacial score (nSPS) is 10.9. The number of hydrogen-bond donors (Lipinski definition) is 1. The second-order valence-electron chi connectivity index (χ2n) is 6.00. The molecule has 0 radical (unpaired) electrons. The Morgan fingerprint density at radius 3 is 2.24 bits per heavy atom. The molecular formula is C20H31NO4. The minimum absolute atomic E-state index is 0.310. The Labute approximate surface area is 151 Å². The number of unbranched alkanes of at least 4 members (excludes halogenated alkanes) is 1. The Kier molecular flexibility index (Phi) is 11.8. The fourth-order valence-corrected chi connectivity index (χ4v) is 2.06. The number of esters is 1. The fraction of sp³-hybridized carbons (Fsp3) is 0.500. The third-order valence-corrected chi connectivity index (χ3v) is 3.80. The van der Waals surface area contributed by atoms with Gasteiger partial charge >= 0.3 is 11.9 Å². The summed E-state index contributed by atoms with van der Waals surface area (Å²) in [5.74, 6) is -0.681. The maximum atomic E-state index is 10.8. The van der Waals surface area contributed by atoms with E-state index in [1.165, 1.54) is 18.9 Å². The van der Waals surface area contributed by atoms with Crippen LogP contribution < -0.4 is 4.90 Å². The molecule has 1 aromatic carbocycles. The van der Waals surface area contributed by atoms with Gasteiger partial charge in [-0.15, -0.1) is 0 Å². The molecule has 0 aliphatic heterocycles. The van der Waals surface area contributed by atoms with E-state index in [0.29, 0.717) is 18.1 Å². The molecule has 5 nitrogen and oxygen atoms in total. The van der Waals surface area contributed by atoms with E-state index in [-0.39, 0.29) is 5.97 Å². The van der Waals surface area contributed by atoms with E-state index in [1.54, 1.807) is 24.3 Å². The summed E-state index contributed by atoms with van der Waals surface area (Å²) in [4.78, 5) is 23.2. The Hall–Kier alpha value is -2.30. The van der Waals surface area contributed by atoms with Crippen LogP contribution in [0.25, 0.3) is 0 Å². The largest absolute Gasteiger partial charge is 0.478 e. The first-order valence-electron chi connectivity index (χ1n) is 8.65. The number of anilines is 1. The monoisotopic (exact) mass is 349 g/mol. The SMILES string of the molecule is C=CC(=O)OCC(CC)CCCC.CN(C)c1ccc(C(=O)O)cc1.